The van der Waals surface area contributed by atoms with E-state index in [0.29, 0.717) is 6.61 Å². The molecule has 6 heteroatoms. The number of carbonyl (C=O) groups is 1. The lowest BCUT2D eigenvalue weighted by Gasteiger charge is -2.32. The number of esters is 1. The minimum Gasteiger partial charge on any atom is -0.459 e. The summed E-state index contributed by atoms with van der Waals surface area (Å²) >= 11 is 0. The molecule has 1 atom stereocenters. The second-order valence-corrected chi connectivity index (χ2v) is 9.11. The highest BCUT2D eigenvalue weighted by Gasteiger charge is 2.50. The molecule has 2 aliphatic heterocycles. The Hall–Kier alpha value is -1.37. The third kappa shape index (κ3) is 4.78. The second-order valence-electron chi connectivity index (χ2n) is 9.11. The smallest absolute Gasteiger partial charge is 0.457 e. The molecule has 2 aliphatic rings. The third-order valence-corrected chi connectivity index (χ3v) is 6.44. The van der Waals surface area contributed by atoms with Gasteiger partial charge in [-0.2, -0.15) is 0 Å². The summed E-state index contributed by atoms with van der Waals surface area (Å²) < 4.78 is 17.8. The van der Waals surface area contributed by atoms with E-state index in [1.165, 1.54) is 0 Å². The molecule has 0 aromatic heterocycles. The monoisotopic (exact) mass is 387 g/mol. The van der Waals surface area contributed by atoms with Crippen molar-refractivity contribution in [2.24, 2.45) is 0 Å². The van der Waals surface area contributed by atoms with E-state index in [9.17, 15) is 4.79 Å². The number of ether oxygens (including phenoxy) is 1. The molecule has 0 radical (unpaired) electrons. The molecule has 3 rings (SSSR count). The second kappa shape index (κ2) is 8.56. The van der Waals surface area contributed by atoms with Gasteiger partial charge in [-0.05, 0) is 65.4 Å². The molecule has 1 aromatic carbocycles. The van der Waals surface area contributed by atoms with Gasteiger partial charge in [0, 0.05) is 0 Å². The molecule has 154 valence electrons. The molecule has 28 heavy (non-hydrogen) atoms. The Morgan fingerprint density at radius 2 is 1.79 bits per heavy atom. The van der Waals surface area contributed by atoms with Crippen molar-refractivity contribution in [3.63, 3.8) is 0 Å². The molecular weight excluding hydrogens is 353 g/mol. The van der Waals surface area contributed by atoms with E-state index in [2.05, 4.69) is 33.0 Å². The Morgan fingerprint density at radius 3 is 2.39 bits per heavy atom. The minimum atomic E-state index is -0.537. The summed E-state index contributed by atoms with van der Waals surface area (Å²) in [7, 11) is -0.164. The molecule has 2 heterocycles. The fourth-order valence-corrected chi connectivity index (χ4v) is 3.98. The lowest BCUT2D eigenvalue weighted by molar-refractivity contribution is -0.152. The van der Waals surface area contributed by atoms with Crippen molar-refractivity contribution in [2.45, 2.75) is 89.5 Å². The van der Waals surface area contributed by atoms with Crippen LogP contribution in [0.4, 0.5) is 0 Å². The SMILES string of the molecule is CC1(C)OB(CCCCC2(C(=O)OCc3ccccc3)CCCN2)OC1(C)C. The van der Waals surface area contributed by atoms with Gasteiger partial charge in [-0.1, -0.05) is 43.2 Å². The first-order valence-corrected chi connectivity index (χ1v) is 10.6. The zero-order valence-corrected chi connectivity index (χ0v) is 17.8. The molecule has 0 saturated carbocycles. The van der Waals surface area contributed by atoms with Crippen molar-refractivity contribution in [2.75, 3.05) is 6.54 Å². The standard InChI is InChI=1S/C22H34BNO4/c1-20(2)21(3,4)28-23(27-20)15-9-8-13-22(14-10-16-24-22)19(25)26-17-18-11-6-5-7-12-18/h5-7,11-12,24H,8-10,13-17H2,1-4H3. The fraction of sp³-hybridized carbons (Fsp3) is 0.682. The van der Waals surface area contributed by atoms with Crippen molar-refractivity contribution in [3.8, 4) is 0 Å². The Labute approximate surface area is 169 Å². The predicted molar refractivity (Wildman–Crippen MR) is 111 cm³/mol. The van der Waals surface area contributed by atoms with Crippen LogP contribution >= 0.6 is 0 Å². The molecule has 0 aliphatic carbocycles. The van der Waals surface area contributed by atoms with E-state index in [-0.39, 0.29) is 24.3 Å². The summed E-state index contributed by atoms with van der Waals surface area (Å²) in [6.45, 7) is 9.51. The average Bonchev–Trinajstić information content (AvgIpc) is 3.20. The number of nitrogens with one attached hydrogen (secondary N) is 1. The van der Waals surface area contributed by atoms with Gasteiger partial charge in [-0.25, -0.2) is 0 Å². The Bertz CT molecular complexity index is 640. The van der Waals surface area contributed by atoms with Crippen LogP contribution in [0, 0.1) is 0 Å². The summed E-state index contributed by atoms with van der Waals surface area (Å²) in [6.07, 6.45) is 5.40. The van der Waals surface area contributed by atoms with E-state index < -0.39 is 5.54 Å². The Morgan fingerprint density at radius 1 is 1.11 bits per heavy atom. The summed E-state index contributed by atoms with van der Waals surface area (Å²) in [6, 6.07) is 9.84. The number of rotatable bonds is 8. The number of hydrogen-bond donors (Lipinski definition) is 1. The number of benzene rings is 1. The van der Waals surface area contributed by atoms with Crippen LogP contribution in [0.15, 0.2) is 30.3 Å². The molecule has 5 nitrogen and oxygen atoms in total. The summed E-state index contributed by atoms with van der Waals surface area (Å²) in [5, 5.41) is 3.42. The average molecular weight is 387 g/mol. The van der Waals surface area contributed by atoms with Gasteiger partial charge in [0.05, 0.1) is 11.2 Å². The van der Waals surface area contributed by atoms with E-state index in [1.54, 1.807) is 0 Å². The van der Waals surface area contributed by atoms with Crippen LogP contribution in [0.3, 0.4) is 0 Å². The molecular formula is C22H34BNO4. The normalized spacial score (nSPS) is 25.8. The topological polar surface area (TPSA) is 56.8 Å². The highest BCUT2D eigenvalue weighted by molar-refractivity contribution is 6.45. The lowest BCUT2D eigenvalue weighted by Crippen LogP contribution is -2.48. The zero-order chi connectivity index (χ0) is 20.3. The van der Waals surface area contributed by atoms with Gasteiger partial charge in [-0.3, -0.25) is 4.79 Å². The summed E-state index contributed by atoms with van der Waals surface area (Å²) in [5.74, 6) is -0.121. The van der Waals surface area contributed by atoms with Crippen molar-refractivity contribution in [3.05, 3.63) is 35.9 Å². The quantitative estimate of drug-likeness (QED) is 0.413. The minimum absolute atomic E-state index is 0.121. The van der Waals surface area contributed by atoms with Crippen molar-refractivity contribution in [1.29, 1.82) is 0 Å². The number of hydrogen-bond acceptors (Lipinski definition) is 5. The summed E-state index contributed by atoms with van der Waals surface area (Å²) in [5.41, 5.74) is -0.0879. The van der Waals surface area contributed by atoms with Crippen LogP contribution in [0.2, 0.25) is 6.32 Å². The predicted octanol–water partition coefficient (Wildman–Crippen LogP) is 4.11. The number of carbonyl (C=O) groups excluding carboxylic acids is 1. The van der Waals surface area contributed by atoms with Gasteiger partial charge in [0.25, 0.3) is 0 Å². The maximum Gasteiger partial charge on any atom is 0.457 e. The Kier molecular flexibility index (Phi) is 6.52. The van der Waals surface area contributed by atoms with Crippen LogP contribution in [0.25, 0.3) is 0 Å². The largest absolute Gasteiger partial charge is 0.459 e. The van der Waals surface area contributed by atoms with Crippen LogP contribution in [0.1, 0.15) is 65.4 Å². The molecule has 1 aromatic rings. The van der Waals surface area contributed by atoms with Crippen molar-refractivity contribution in [1.82, 2.24) is 5.32 Å². The van der Waals surface area contributed by atoms with E-state index in [1.807, 2.05) is 30.3 Å². The summed E-state index contributed by atoms with van der Waals surface area (Å²) in [4.78, 5) is 12.8. The van der Waals surface area contributed by atoms with E-state index in [0.717, 1.165) is 50.5 Å². The fourth-order valence-electron chi connectivity index (χ4n) is 3.98. The molecule has 2 fully saturated rings. The highest BCUT2D eigenvalue weighted by Crippen LogP contribution is 2.38. The molecule has 0 bridgehead atoms. The maximum absolute atomic E-state index is 12.8. The van der Waals surface area contributed by atoms with Crippen LogP contribution in [-0.2, 0) is 25.4 Å². The zero-order valence-electron chi connectivity index (χ0n) is 17.8. The van der Waals surface area contributed by atoms with E-state index in [4.69, 9.17) is 14.0 Å². The molecule has 0 spiro atoms. The third-order valence-electron chi connectivity index (χ3n) is 6.44. The van der Waals surface area contributed by atoms with Gasteiger partial charge in [0.2, 0.25) is 0 Å². The first kappa shape index (κ1) is 21.3. The van der Waals surface area contributed by atoms with Crippen molar-refractivity contribution < 1.29 is 18.8 Å². The van der Waals surface area contributed by atoms with Crippen LogP contribution in [0.5, 0.6) is 0 Å². The maximum atomic E-state index is 12.8. The van der Waals surface area contributed by atoms with Crippen LogP contribution < -0.4 is 5.32 Å². The first-order chi connectivity index (χ1) is 13.2. The van der Waals surface area contributed by atoms with Gasteiger partial charge < -0.3 is 19.4 Å². The number of unbranched alkanes of at least 4 members (excludes halogenated alkanes) is 1. The van der Waals surface area contributed by atoms with Crippen molar-refractivity contribution >= 4 is 13.1 Å². The Balaban J connectivity index is 1.46. The lowest BCUT2D eigenvalue weighted by atomic mass is 9.80. The molecule has 2 saturated heterocycles. The van der Waals surface area contributed by atoms with Gasteiger partial charge in [0.1, 0.15) is 12.1 Å². The first-order valence-electron chi connectivity index (χ1n) is 10.6. The van der Waals surface area contributed by atoms with Gasteiger partial charge >= 0.3 is 13.1 Å². The molecule has 0 amide bonds. The molecule has 1 unspecified atom stereocenters. The van der Waals surface area contributed by atoms with Gasteiger partial charge in [0.15, 0.2) is 0 Å². The molecule has 1 N–H and O–H groups in total. The highest BCUT2D eigenvalue weighted by atomic mass is 16.7. The van der Waals surface area contributed by atoms with Crippen LogP contribution in [-0.4, -0.2) is 36.4 Å². The van der Waals surface area contributed by atoms with Gasteiger partial charge in [-0.15, -0.1) is 0 Å². The van der Waals surface area contributed by atoms with E-state index >= 15 is 0 Å².